The van der Waals surface area contributed by atoms with Gasteiger partial charge in [0.1, 0.15) is 11.8 Å². The van der Waals surface area contributed by atoms with Gasteiger partial charge >= 0.3 is 0 Å². The van der Waals surface area contributed by atoms with Gasteiger partial charge in [0.15, 0.2) is 0 Å². The summed E-state index contributed by atoms with van der Waals surface area (Å²) < 4.78 is 6.16. The highest BCUT2D eigenvalue weighted by Crippen LogP contribution is 2.30. The molecule has 0 bridgehead atoms. The van der Waals surface area contributed by atoms with Crippen molar-refractivity contribution in [2.75, 3.05) is 13.1 Å². The Bertz CT molecular complexity index is 760. The van der Waals surface area contributed by atoms with E-state index in [1.54, 1.807) is 6.20 Å². The fourth-order valence-corrected chi connectivity index (χ4v) is 3.60. The molecule has 1 aliphatic heterocycles. The van der Waals surface area contributed by atoms with Gasteiger partial charge in [0, 0.05) is 30.6 Å². The van der Waals surface area contributed by atoms with Gasteiger partial charge in [-0.1, -0.05) is 47.7 Å². The van der Waals surface area contributed by atoms with Crippen LogP contribution < -0.4 is 10.1 Å². The molecule has 0 aliphatic carbocycles. The Kier molecular flexibility index (Phi) is 4.05. The summed E-state index contributed by atoms with van der Waals surface area (Å²) in [5.74, 6) is 0.360. The lowest BCUT2D eigenvalue weighted by molar-refractivity contribution is 0.203. The van der Waals surface area contributed by atoms with Gasteiger partial charge in [0.2, 0.25) is 0 Å². The van der Waals surface area contributed by atoms with Crippen LogP contribution >= 0.6 is 11.3 Å². The first-order valence-corrected chi connectivity index (χ1v) is 8.57. The van der Waals surface area contributed by atoms with Crippen LogP contribution in [0.2, 0.25) is 0 Å². The van der Waals surface area contributed by atoms with E-state index in [0.29, 0.717) is 11.1 Å². The Morgan fingerprint density at radius 1 is 1.00 bits per heavy atom. The molecule has 2 aromatic heterocycles. The van der Waals surface area contributed by atoms with E-state index in [4.69, 9.17) is 4.74 Å². The van der Waals surface area contributed by atoms with Crippen LogP contribution in [-0.2, 0) is 0 Å². The van der Waals surface area contributed by atoms with E-state index in [1.807, 2.05) is 29.6 Å². The number of aromatic nitrogens is 2. The third-order valence-corrected chi connectivity index (χ3v) is 4.78. The summed E-state index contributed by atoms with van der Waals surface area (Å²) >= 11 is 1.53. The number of hydrogen-bond donors (Lipinski definition) is 1. The highest BCUT2D eigenvalue weighted by Gasteiger charge is 2.30. The van der Waals surface area contributed by atoms with Gasteiger partial charge in [0.05, 0.1) is 5.69 Å². The van der Waals surface area contributed by atoms with E-state index < -0.39 is 0 Å². The summed E-state index contributed by atoms with van der Waals surface area (Å²) in [6.45, 7) is 1.78. The molecule has 0 radical (unpaired) electrons. The Hall–Kier alpha value is -2.24. The summed E-state index contributed by atoms with van der Waals surface area (Å²) in [5.41, 5.74) is 3.06. The highest BCUT2D eigenvalue weighted by molar-refractivity contribution is 7.11. The van der Waals surface area contributed by atoms with Gasteiger partial charge in [-0.25, -0.2) is 4.98 Å². The van der Waals surface area contributed by atoms with E-state index in [2.05, 4.69) is 39.6 Å². The van der Waals surface area contributed by atoms with Crippen LogP contribution in [0.15, 0.2) is 60.1 Å². The average Bonchev–Trinajstić information content (AvgIpc) is 3.26. The largest absolute Gasteiger partial charge is 0.465 e. The summed E-state index contributed by atoms with van der Waals surface area (Å²) in [7, 11) is 0. The van der Waals surface area contributed by atoms with Gasteiger partial charge in [-0.2, -0.15) is 0 Å². The van der Waals surface area contributed by atoms with Crippen molar-refractivity contribution in [1.82, 2.24) is 15.3 Å². The zero-order chi connectivity index (χ0) is 15.5. The molecular weight excluding hydrogens is 306 g/mol. The molecule has 1 fully saturated rings. The molecule has 116 valence electrons. The van der Waals surface area contributed by atoms with Crippen LogP contribution in [0, 0.1) is 0 Å². The molecular formula is C18H17N3OS. The van der Waals surface area contributed by atoms with Crippen molar-refractivity contribution in [3.05, 3.63) is 65.7 Å². The van der Waals surface area contributed by atoms with Gasteiger partial charge in [-0.3, -0.25) is 4.98 Å². The predicted molar refractivity (Wildman–Crippen MR) is 91.8 cm³/mol. The zero-order valence-electron chi connectivity index (χ0n) is 12.6. The Balaban J connectivity index is 1.51. The Morgan fingerprint density at radius 2 is 1.87 bits per heavy atom. The van der Waals surface area contributed by atoms with E-state index in [0.717, 1.165) is 24.5 Å². The second-order valence-electron chi connectivity index (χ2n) is 5.55. The van der Waals surface area contributed by atoms with Crippen molar-refractivity contribution in [3.63, 3.8) is 0 Å². The molecule has 5 heteroatoms. The van der Waals surface area contributed by atoms with E-state index in [-0.39, 0.29) is 6.10 Å². The third kappa shape index (κ3) is 3.11. The quantitative estimate of drug-likeness (QED) is 0.800. The second kappa shape index (κ2) is 6.48. The second-order valence-corrected chi connectivity index (χ2v) is 6.37. The normalized spacial score (nSPS) is 20.5. The van der Waals surface area contributed by atoms with E-state index in [9.17, 15) is 0 Å². The molecule has 0 spiro atoms. The minimum absolute atomic E-state index is 0.111. The first-order chi connectivity index (χ1) is 11.4. The maximum absolute atomic E-state index is 6.16. The molecule has 2 atom stereocenters. The number of pyridine rings is 1. The maximum atomic E-state index is 6.16. The fraction of sp³-hybridized carbons (Fsp3) is 0.222. The molecule has 0 saturated carbocycles. The lowest BCUT2D eigenvalue weighted by Gasteiger charge is -2.18. The number of nitrogens with zero attached hydrogens (tertiary/aromatic N) is 2. The molecule has 4 nitrogen and oxygen atoms in total. The van der Waals surface area contributed by atoms with Crippen LogP contribution in [-0.4, -0.2) is 29.2 Å². The molecule has 3 heterocycles. The molecule has 1 aromatic carbocycles. The third-order valence-electron chi connectivity index (χ3n) is 4.05. The molecule has 1 saturated heterocycles. The van der Waals surface area contributed by atoms with Crippen molar-refractivity contribution in [3.8, 4) is 16.6 Å². The fourth-order valence-electron chi connectivity index (χ4n) is 2.88. The van der Waals surface area contributed by atoms with Crippen LogP contribution in [0.25, 0.3) is 11.4 Å². The molecule has 4 rings (SSSR count). The van der Waals surface area contributed by atoms with Gasteiger partial charge in [-0.05, 0) is 17.7 Å². The van der Waals surface area contributed by atoms with Crippen molar-refractivity contribution in [2.45, 2.75) is 12.0 Å². The monoisotopic (exact) mass is 323 g/mol. The number of rotatable bonds is 4. The highest BCUT2D eigenvalue weighted by atomic mass is 32.1. The van der Waals surface area contributed by atoms with E-state index >= 15 is 0 Å². The topological polar surface area (TPSA) is 47.0 Å². The van der Waals surface area contributed by atoms with E-state index in [1.165, 1.54) is 16.9 Å². The smallest absolute Gasteiger partial charge is 0.274 e. The minimum Gasteiger partial charge on any atom is -0.465 e. The lowest BCUT2D eigenvalue weighted by atomic mass is 9.96. The molecule has 3 aromatic rings. The summed E-state index contributed by atoms with van der Waals surface area (Å²) in [6.07, 6.45) is 1.89. The Morgan fingerprint density at radius 3 is 2.70 bits per heavy atom. The SMILES string of the molecule is c1ccc(C2CNCC2Oc2nc(-c3ccccn3)cs2)cc1. The zero-order valence-corrected chi connectivity index (χ0v) is 13.4. The molecule has 0 amide bonds. The van der Waals surface area contributed by atoms with Crippen LogP contribution in [0.1, 0.15) is 11.5 Å². The van der Waals surface area contributed by atoms with Crippen LogP contribution in [0.4, 0.5) is 0 Å². The number of nitrogens with one attached hydrogen (secondary N) is 1. The first kappa shape index (κ1) is 14.4. The van der Waals surface area contributed by atoms with Gasteiger partial charge in [0.25, 0.3) is 5.19 Å². The molecule has 1 N–H and O–H groups in total. The molecule has 23 heavy (non-hydrogen) atoms. The number of hydrogen-bond acceptors (Lipinski definition) is 5. The lowest BCUT2D eigenvalue weighted by Crippen LogP contribution is -2.24. The number of thiazole rings is 1. The van der Waals surface area contributed by atoms with Gasteiger partial charge in [-0.15, -0.1) is 0 Å². The molecule has 1 aliphatic rings. The summed E-state index contributed by atoms with van der Waals surface area (Å²) in [5, 5.41) is 6.13. The van der Waals surface area contributed by atoms with Crippen LogP contribution in [0.5, 0.6) is 5.19 Å². The van der Waals surface area contributed by atoms with Crippen molar-refractivity contribution in [2.24, 2.45) is 0 Å². The number of ether oxygens (including phenoxy) is 1. The average molecular weight is 323 g/mol. The summed E-state index contributed by atoms with van der Waals surface area (Å²) in [4.78, 5) is 8.91. The predicted octanol–water partition coefficient (Wildman–Crippen LogP) is 3.34. The standard InChI is InChI=1S/C18H17N3OS/c1-2-6-13(7-3-1)14-10-19-11-17(14)22-18-21-16(12-23-18)15-8-4-5-9-20-15/h1-9,12,14,17,19H,10-11H2. The minimum atomic E-state index is 0.111. The summed E-state index contributed by atoms with van der Waals surface area (Å²) in [6, 6.07) is 16.4. The first-order valence-electron chi connectivity index (χ1n) is 7.69. The van der Waals surface area contributed by atoms with Crippen LogP contribution in [0.3, 0.4) is 0 Å². The van der Waals surface area contributed by atoms with Crippen molar-refractivity contribution in [1.29, 1.82) is 0 Å². The Labute approximate surface area is 139 Å². The number of benzene rings is 1. The van der Waals surface area contributed by atoms with Crippen molar-refractivity contribution >= 4 is 11.3 Å². The molecule has 2 unspecified atom stereocenters. The maximum Gasteiger partial charge on any atom is 0.274 e. The van der Waals surface area contributed by atoms with Gasteiger partial charge < -0.3 is 10.1 Å². The van der Waals surface area contributed by atoms with Crippen molar-refractivity contribution < 1.29 is 4.74 Å².